The Balaban J connectivity index is 0.872. The van der Waals surface area contributed by atoms with Crippen LogP contribution in [0.3, 0.4) is 0 Å². The van der Waals surface area contributed by atoms with Crippen molar-refractivity contribution < 1.29 is 19.1 Å². The molecule has 2 aliphatic carbocycles. The summed E-state index contributed by atoms with van der Waals surface area (Å²) >= 11 is 0. The normalized spacial score (nSPS) is 27.2. The minimum absolute atomic E-state index is 0.0279. The van der Waals surface area contributed by atoms with Gasteiger partial charge in [0.05, 0.1) is 29.7 Å². The molecule has 2 amide bonds. The van der Waals surface area contributed by atoms with Crippen molar-refractivity contribution in [1.29, 1.82) is 0 Å². The smallest absolute Gasteiger partial charge is 0.411 e. The second-order valence-corrected chi connectivity index (χ2v) is 18.7. The van der Waals surface area contributed by atoms with Crippen molar-refractivity contribution in [2.75, 3.05) is 0 Å². The number of likely N-dealkylation sites (tertiary alicyclic amines) is 2. The summed E-state index contributed by atoms with van der Waals surface area (Å²) in [5.74, 6) is 1.86. The third kappa shape index (κ3) is 7.00. The van der Waals surface area contributed by atoms with Crippen LogP contribution in [-0.4, -0.2) is 67.4 Å². The number of aromatic nitrogens is 2. The lowest BCUT2D eigenvalue weighted by Crippen LogP contribution is -2.54. The molecule has 0 bridgehead atoms. The van der Waals surface area contributed by atoms with Gasteiger partial charge in [-0.05, 0) is 137 Å². The molecule has 4 aromatic rings. The van der Waals surface area contributed by atoms with E-state index in [1.54, 1.807) is 0 Å². The van der Waals surface area contributed by atoms with Crippen LogP contribution in [-0.2, 0) is 9.47 Å². The van der Waals surface area contributed by atoms with Crippen LogP contribution < -0.4 is 10.6 Å². The van der Waals surface area contributed by atoms with E-state index in [1.807, 2.05) is 57.5 Å². The largest absolute Gasteiger partial charge is 0.444 e. The maximum atomic E-state index is 13.4. The summed E-state index contributed by atoms with van der Waals surface area (Å²) < 4.78 is 11.8. The van der Waals surface area contributed by atoms with Gasteiger partial charge in [-0.15, -0.1) is 0 Å². The van der Waals surface area contributed by atoms with Crippen molar-refractivity contribution in [2.24, 2.45) is 11.8 Å². The highest BCUT2D eigenvalue weighted by Crippen LogP contribution is 2.48. The topological polar surface area (TPSA) is 112 Å². The maximum absolute atomic E-state index is 13.4. The predicted octanol–water partition coefficient (Wildman–Crippen LogP) is 9.74. The van der Waals surface area contributed by atoms with Gasteiger partial charge in [0.25, 0.3) is 0 Å². The summed E-state index contributed by atoms with van der Waals surface area (Å²) in [4.78, 5) is 39.2. The Morgan fingerprint density at radius 3 is 1.93 bits per heavy atom. The number of benzene rings is 3. The highest BCUT2D eigenvalue weighted by atomic mass is 16.6. The van der Waals surface area contributed by atoms with E-state index < -0.39 is 11.2 Å². The van der Waals surface area contributed by atoms with Crippen LogP contribution >= 0.6 is 0 Å². The number of H-pyrrole nitrogens is 1. The molecule has 3 aliphatic heterocycles. The number of hydrogen-bond acceptors (Lipinski definition) is 7. The van der Waals surface area contributed by atoms with Gasteiger partial charge in [-0.2, -0.15) is 0 Å². The number of carbonyl (C=O) groups excluding carboxylic acids is 2. The number of nitrogens with one attached hydrogen (secondary N) is 3. The lowest BCUT2D eigenvalue weighted by atomic mass is 9.98. The molecule has 10 nitrogen and oxygen atoms in total. The van der Waals surface area contributed by atoms with Gasteiger partial charge in [-0.3, -0.25) is 9.80 Å². The number of fused-ring (bicyclic) bond motifs is 3. The summed E-state index contributed by atoms with van der Waals surface area (Å²) in [6, 6.07) is 22.2. The fourth-order valence-electron chi connectivity index (χ4n) is 10.2. The van der Waals surface area contributed by atoms with E-state index in [4.69, 9.17) is 14.5 Å². The first kappa shape index (κ1) is 36.6. The molecule has 4 heterocycles. The number of nitrogens with zero attached hydrogens (tertiary/aromatic N) is 3. The first-order valence-electron chi connectivity index (χ1n) is 20.7. The highest BCUT2D eigenvalue weighted by Gasteiger charge is 2.51. The zero-order chi connectivity index (χ0) is 38.9. The summed E-state index contributed by atoms with van der Waals surface area (Å²) in [6.07, 6.45) is 12.1. The third-order valence-corrected chi connectivity index (χ3v) is 12.6. The van der Waals surface area contributed by atoms with E-state index in [0.29, 0.717) is 11.8 Å². The van der Waals surface area contributed by atoms with Crippen LogP contribution in [0.5, 0.6) is 0 Å². The number of aromatic amines is 1. The second kappa shape index (κ2) is 13.9. The predicted molar refractivity (Wildman–Crippen MR) is 219 cm³/mol. The van der Waals surface area contributed by atoms with E-state index in [-0.39, 0.29) is 42.5 Å². The van der Waals surface area contributed by atoms with E-state index in [2.05, 4.69) is 82.5 Å². The lowest BCUT2D eigenvalue weighted by molar-refractivity contribution is 0.0102. The van der Waals surface area contributed by atoms with Crippen molar-refractivity contribution in [3.05, 3.63) is 84.4 Å². The Morgan fingerprint density at radius 2 is 1.25 bits per heavy atom. The van der Waals surface area contributed by atoms with E-state index in [1.165, 1.54) is 23.6 Å². The summed E-state index contributed by atoms with van der Waals surface area (Å²) in [7, 11) is 0. The van der Waals surface area contributed by atoms with E-state index in [9.17, 15) is 9.59 Å². The molecular formula is C46H56N6O4. The summed E-state index contributed by atoms with van der Waals surface area (Å²) in [6.45, 7) is 11.6. The molecule has 2 saturated heterocycles. The van der Waals surface area contributed by atoms with Crippen molar-refractivity contribution >= 4 is 28.7 Å². The van der Waals surface area contributed by atoms with Crippen LogP contribution in [0.25, 0.3) is 38.9 Å². The molecule has 4 fully saturated rings. The first-order valence-corrected chi connectivity index (χ1v) is 20.7. The standard InChI is InChI=1S/C46H56N6O4/c1-45(2,3)55-43(53)51-37-11-7-9-33(37)23-39(51)41-47-25-35(49-41)28-15-13-27(14-16-28)29-17-18-31-22-32(20-19-30(31)21-29)36-26-48-42(50-36)40-24-34-10-8-12-38(34)52(40)44(54)56-46(4,5)6/h13-22,25-26,33-34,37-40,42,48,50H,7-12,23-24H2,1-6H3,(H,47,49)/t33-,34-,37-,38-,39-,40-,42?/m0/s1. The third-order valence-electron chi connectivity index (χ3n) is 12.6. The van der Waals surface area contributed by atoms with Crippen LogP contribution in [0.15, 0.2) is 73.1 Å². The molecule has 1 aromatic heterocycles. The number of amides is 2. The Morgan fingerprint density at radius 1 is 0.679 bits per heavy atom. The molecule has 9 rings (SSSR count). The number of rotatable bonds is 5. The number of ether oxygens (including phenoxy) is 2. The van der Waals surface area contributed by atoms with Crippen molar-refractivity contribution in [3.63, 3.8) is 0 Å². The molecule has 1 unspecified atom stereocenters. The monoisotopic (exact) mass is 756 g/mol. The van der Waals surface area contributed by atoms with E-state index >= 15 is 0 Å². The van der Waals surface area contributed by atoms with Gasteiger partial charge in [0.15, 0.2) is 0 Å². The van der Waals surface area contributed by atoms with Gasteiger partial charge >= 0.3 is 12.2 Å². The second-order valence-electron chi connectivity index (χ2n) is 18.7. The number of hydrogen-bond donors (Lipinski definition) is 3. The molecule has 2 saturated carbocycles. The van der Waals surface area contributed by atoms with Crippen LogP contribution in [0, 0.1) is 11.8 Å². The average Bonchev–Trinajstić information content (AvgIpc) is 3.99. The Bertz CT molecular complexity index is 2160. The Hall–Kier alpha value is -4.99. The molecule has 56 heavy (non-hydrogen) atoms. The fraction of sp³-hybridized carbons (Fsp3) is 0.500. The molecule has 10 heteroatoms. The van der Waals surface area contributed by atoms with Crippen molar-refractivity contribution in [2.45, 2.75) is 134 Å². The SMILES string of the molecule is CC(C)(C)OC(=O)N1[C@H](c2ncc(-c3ccc(-c4ccc5cc(C6=CNC([C@@H]7C[C@@H]8CCC[C@@H]8N7C(=O)OC(C)(C)C)N6)ccc5c4)cc3)[nH]2)C[C@@H]2CCC[C@@H]21. The molecular weight excluding hydrogens is 701 g/mol. The molecule has 0 spiro atoms. The molecule has 3 aromatic carbocycles. The number of imidazole rings is 1. The van der Waals surface area contributed by atoms with Gasteiger partial charge in [-0.25, -0.2) is 14.6 Å². The van der Waals surface area contributed by atoms with Crippen LogP contribution in [0.2, 0.25) is 0 Å². The minimum atomic E-state index is -0.543. The molecule has 5 aliphatic rings. The van der Waals surface area contributed by atoms with Gasteiger partial charge < -0.3 is 25.1 Å². The molecule has 0 radical (unpaired) electrons. The summed E-state index contributed by atoms with van der Waals surface area (Å²) in [5.41, 5.74) is 5.37. The first-order chi connectivity index (χ1) is 26.8. The Kier molecular flexibility index (Phi) is 9.08. The zero-order valence-electron chi connectivity index (χ0n) is 33.6. The quantitative estimate of drug-likeness (QED) is 0.186. The van der Waals surface area contributed by atoms with Crippen molar-refractivity contribution in [1.82, 2.24) is 30.4 Å². The minimum Gasteiger partial charge on any atom is -0.444 e. The van der Waals surface area contributed by atoms with Gasteiger partial charge in [0.2, 0.25) is 0 Å². The molecule has 3 N–H and O–H groups in total. The molecule has 7 atom stereocenters. The van der Waals surface area contributed by atoms with Gasteiger partial charge in [0.1, 0.15) is 23.2 Å². The average molecular weight is 757 g/mol. The maximum Gasteiger partial charge on any atom is 0.411 e. The lowest BCUT2D eigenvalue weighted by Gasteiger charge is -2.35. The molecule has 294 valence electrons. The zero-order valence-corrected chi connectivity index (χ0v) is 33.6. The van der Waals surface area contributed by atoms with Gasteiger partial charge in [0, 0.05) is 18.3 Å². The fourth-order valence-corrected chi connectivity index (χ4v) is 10.2. The van der Waals surface area contributed by atoms with Crippen LogP contribution in [0.4, 0.5) is 9.59 Å². The summed E-state index contributed by atoms with van der Waals surface area (Å²) in [5, 5.41) is 9.63. The Labute approximate surface area is 330 Å². The van der Waals surface area contributed by atoms with E-state index in [0.717, 1.165) is 78.0 Å². The number of carbonyl (C=O) groups is 2. The van der Waals surface area contributed by atoms with Gasteiger partial charge in [-0.1, -0.05) is 61.4 Å². The van der Waals surface area contributed by atoms with Crippen LogP contribution in [0.1, 0.15) is 110 Å². The highest BCUT2D eigenvalue weighted by molar-refractivity contribution is 5.90. The van der Waals surface area contributed by atoms with Crippen molar-refractivity contribution in [3.8, 4) is 22.4 Å².